The Morgan fingerprint density at radius 3 is 3.14 bits per heavy atom. The van der Waals surface area contributed by atoms with Crippen molar-refractivity contribution in [2.24, 2.45) is 5.73 Å². The molecule has 0 aliphatic rings. The molecule has 0 amide bonds. The Kier molecular flexibility index (Phi) is 2.28. The van der Waals surface area contributed by atoms with Gasteiger partial charge in [-0.25, -0.2) is 4.98 Å². The zero-order chi connectivity index (χ0) is 9.97. The number of nitrogens with zero attached hydrogens (tertiary/aromatic N) is 3. The summed E-state index contributed by atoms with van der Waals surface area (Å²) >= 11 is 0. The number of aromatic nitrogens is 4. The molecule has 14 heavy (non-hydrogen) atoms. The third kappa shape index (κ3) is 1.51. The predicted octanol–water partition coefficient (Wildman–Crippen LogP) is 0.869. The summed E-state index contributed by atoms with van der Waals surface area (Å²) in [5.74, 6) is 1.47. The van der Waals surface area contributed by atoms with E-state index in [1.165, 1.54) is 0 Å². The normalized spacial score (nSPS) is 13.0. The Morgan fingerprint density at radius 2 is 2.50 bits per heavy atom. The van der Waals surface area contributed by atoms with Crippen LogP contribution in [0.1, 0.15) is 25.3 Å². The van der Waals surface area contributed by atoms with Crippen LogP contribution in [0.2, 0.25) is 0 Å². The molecule has 2 heterocycles. The van der Waals surface area contributed by atoms with Crippen molar-refractivity contribution >= 4 is 0 Å². The largest absolute Gasteiger partial charge is 0.342 e. The summed E-state index contributed by atoms with van der Waals surface area (Å²) in [6.45, 7) is 1.96. The van der Waals surface area contributed by atoms with E-state index in [2.05, 4.69) is 20.1 Å². The van der Waals surface area contributed by atoms with E-state index < -0.39 is 0 Å². The SMILES string of the molecule is CCC(N)c1nc(-c2ncc[nH]2)no1. The van der Waals surface area contributed by atoms with Crippen molar-refractivity contribution in [3.63, 3.8) is 0 Å². The summed E-state index contributed by atoms with van der Waals surface area (Å²) in [7, 11) is 0. The fraction of sp³-hybridized carbons (Fsp3) is 0.375. The van der Waals surface area contributed by atoms with E-state index in [4.69, 9.17) is 10.3 Å². The van der Waals surface area contributed by atoms with E-state index >= 15 is 0 Å². The van der Waals surface area contributed by atoms with Gasteiger partial charge in [-0.2, -0.15) is 4.98 Å². The molecule has 1 atom stereocenters. The third-order valence-corrected chi connectivity index (χ3v) is 1.91. The Morgan fingerprint density at radius 1 is 1.64 bits per heavy atom. The standard InChI is InChI=1S/C8H11N5O/c1-2-5(9)8-12-7(13-14-8)6-10-3-4-11-6/h3-5H,2,9H2,1H3,(H,10,11). The van der Waals surface area contributed by atoms with Crippen LogP contribution in [0.25, 0.3) is 11.6 Å². The Hall–Kier alpha value is -1.69. The number of H-pyrrole nitrogens is 1. The second kappa shape index (κ2) is 3.59. The fourth-order valence-electron chi connectivity index (χ4n) is 1.04. The van der Waals surface area contributed by atoms with E-state index in [9.17, 15) is 0 Å². The molecule has 2 aromatic rings. The van der Waals surface area contributed by atoms with E-state index in [1.807, 2.05) is 6.92 Å². The molecule has 0 saturated carbocycles. The van der Waals surface area contributed by atoms with Crippen LogP contribution < -0.4 is 5.73 Å². The van der Waals surface area contributed by atoms with Crippen LogP contribution >= 0.6 is 0 Å². The molecule has 1 unspecified atom stereocenters. The molecule has 0 aliphatic carbocycles. The van der Waals surface area contributed by atoms with Gasteiger partial charge in [-0.3, -0.25) is 0 Å². The molecule has 0 spiro atoms. The van der Waals surface area contributed by atoms with Crippen LogP contribution in [0.4, 0.5) is 0 Å². The van der Waals surface area contributed by atoms with Gasteiger partial charge in [0.15, 0.2) is 5.82 Å². The molecule has 0 aliphatic heterocycles. The van der Waals surface area contributed by atoms with Crippen molar-refractivity contribution in [3.05, 3.63) is 18.3 Å². The highest BCUT2D eigenvalue weighted by atomic mass is 16.5. The van der Waals surface area contributed by atoms with Gasteiger partial charge in [0.25, 0.3) is 0 Å². The van der Waals surface area contributed by atoms with Crippen LogP contribution in [0.15, 0.2) is 16.9 Å². The second-order valence-corrected chi connectivity index (χ2v) is 2.91. The van der Waals surface area contributed by atoms with E-state index in [-0.39, 0.29) is 6.04 Å². The van der Waals surface area contributed by atoms with Gasteiger partial charge in [-0.1, -0.05) is 12.1 Å². The topological polar surface area (TPSA) is 93.6 Å². The minimum Gasteiger partial charge on any atom is -0.342 e. The van der Waals surface area contributed by atoms with Gasteiger partial charge in [0, 0.05) is 12.4 Å². The molecule has 0 aromatic carbocycles. The summed E-state index contributed by atoms with van der Waals surface area (Å²) in [5, 5.41) is 3.77. The van der Waals surface area contributed by atoms with Crippen molar-refractivity contribution in [2.45, 2.75) is 19.4 Å². The molecular weight excluding hydrogens is 182 g/mol. The molecule has 6 heteroatoms. The summed E-state index contributed by atoms with van der Waals surface area (Å²) < 4.78 is 5.00. The van der Waals surface area contributed by atoms with Crippen molar-refractivity contribution in [1.82, 2.24) is 20.1 Å². The van der Waals surface area contributed by atoms with E-state index in [1.54, 1.807) is 12.4 Å². The van der Waals surface area contributed by atoms with Crippen LogP contribution in [0, 0.1) is 0 Å². The van der Waals surface area contributed by atoms with Crippen LogP contribution in [-0.2, 0) is 0 Å². The monoisotopic (exact) mass is 193 g/mol. The molecule has 3 N–H and O–H groups in total. The van der Waals surface area contributed by atoms with Crippen LogP contribution in [0.5, 0.6) is 0 Å². The third-order valence-electron chi connectivity index (χ3n) is 1.91. The van der Waals surface area contributed by atoms with Gasteiger partial charge < -0.3 is 15.2 Å². The number of rotatable bonds is 3. The number of hydrogen-bond acceptors (Lipinski definition) is 5. The lowest BCUT2D eigenvalue weighted by atomic mass is 10.2. The average Bonchev–Trinajstić information content (AvgIpc) is 2.86. The highest BCUT2D eigenvalue weighted by molar-refractivity contribution is 5.40. The zero-order valence-electron chi connectivity index (χ0n) is 7.77. The molecular formula is C8H11N5O. The minimum absolute atomic E-state index is 0.203. The summed E-state index contributed by atoms with van der Waals surface area (Å²) in [6.07, 6.45) is 4.09. The van der Waals surface area contributed by atoms with Gasteiger partial charge in [0.1, 0.15) is 0 Å². The van der Waals surface area contributed by atoms with Gasteiger partial charge >= 0.3 is 0 Å². The molecule has 0 saturated heterocycles. The maximum atomic E-state index is 5.73. The van der Waals surface area contributed by atoms with Crippen molar-refractivity contribution in [1.29, 1.82) is 0 Å². The molecule has 6 nitrogen and oxygen atoms in total. The fourth-order valence-corrected chi connectivity index (χ4v) is 1.04. The number of hydrogen-bond donors (Lipinski definition) is 2. The minimum atomic E-state index is -0.203. The number of imidazole rings is 1. The van der Waals surface area contributed by atoms with Gasteiger partial charge in [-0.05, 0) is 6.42 Å². The molecule has 74 valence electrons. The zero-order valence-corrected chi connectivity index (χ0v) is 7.77. The Bertz CT molecular complexity index is 394. The second-order valence-electron chi connectivity index (χ2n) is 2.91. The summed E-state index contributed by atoms with van der Waals surface area (Å²) in [6, 6.07) is -0.203. The predicted molar refractivity (Wildman–Crippen MR) is 49.1 cm³/mol. The lowest BCUT2D eigenvalue weighted by Crippen LogP contribution is -2.08. The molecule has 2 rings (SSSR count). The lowest BCUT2D eigenvalue weighted by molar-refractivity contribution is 0.352. The summed E-state index contributed by atoms with van der Waals surface area (Å²) in [4.78, 5) is 11.0. The van der Waals surface area contributed by atoms with E-state index in [0.29, 0.717) is 17.5 Å². The Balaban J connectivity index is 2.26. The van der Waals surface area contributed by atoms with Crippen molar-refractivity contribution in [2.75, 3.05) is 0 Å². The average molecular weight is 193 g/mol. The van der Waals surface area contributed by atoms with Crippen LogP contribution in [-0.4, -0.2) is 20.1 Å². The molecule has 0 radical (unpaired) electrons. The number of nitrogens with two attached hydrogens (primary N) is 1. The first kappa shape index (κ1) is 8.89. The molecule has 0 fully saturated rings. The van der Waals surface area contributed by atoms with Gasteiger partial charge in [0.05, 0.1) is 6.04 Å². The van der Waals surface area contributed by atoms with Crippen molar-refractivity contribution in [3.8, 4) is 11.6 Å². The van der Waals surface area contributed by atoms with Gasteiger partial charge in [-0.15, -0.1) is 0 Å². The maximum absolute atomic E-state index is 5.73. The number of nitrogens with one attached hydrogen (secondary N) is 1. The van der Waals surface area contributed by atoms with Gasteiger partial charge in [0.2, 0.25) is 11.7 Å². The number of aromatic amines is 1. The van der Waals surface area contributed by atoms with Crippen LogP contribution in [0.3, 0.4) is 0 Å². The van der Waals surface area contributed by atoms with E-state index in [0.717, 1.165) is 6.42 Å². The first-order chi connectivity index (χ1) is 6.81. The highest BCUT2D eigenvalue weighted by Crippen LogP contribution is 2.15. The summed E-state index contributed by atoms with van der Waals surface area (Å²) in [5.41, 5.74) is 5.73. The molecule has 2 aromatic heterocycles. The molecule has 0 bridgehead atoms. The highest BCUT2D eigenvalue weighted by Gasteiger charge is 2.14. The quantitative estimate of drug-likeness (QED) is 0.754. The van der Waals surface area contributed by atoms with Crippen molar-refractivity contribution < 1.29 is 4.52 Å². The smallest absolute Gasteiger partial charge is 0.243 e. The lowest BCUT2D eigenvalue weighted by Gasteiger charge is -1.98. The first-order valence-electron chi connectivity index (χ1n) is 4.40. The maximum Gasteiger partial charge on any atom is 0.243 e. The Labute approximate surface area is 80.5 Å². The first-order valence-corrected chi connectivity index (χ1v) is 4.40.